The minimum Gasteiger partial charge on any atom is -0.383 e. The molecule has 2 aliphatic heterocycles. The van der Waals surface area contributed by atoms with Crippen LogP contribution in [-0.2, 0) is 14.3 Å². The van der Waals surface area contributed by atoms with Gasteiger partial charge in [-0.25, -0.2) is 0 Å². The highest BCUT2D eigenvalue weighted by Crippen LogP contribution is 2.16. The van der Waals surface area contributed by atoms with E-state index < -0.39 is 0 Å². The van der Waals surface area contributed by atoms with Crippen molar-refractivity contribution in [1.29, 1.82) is 0 Å². The van der Waals surface area contributed by atoms with E-state index in [1.54, 1.807) is 7.11 Å². The molecule has 2 heterocycles. The quantitative estimate of drug-likeness (QED) is 0.293. The van der Waals surface area contributed by atoms with Gasteiger partial charge in [0, 0.05) is 46.4 Å². The van der Waals surface area contributed by atoms with Crippen LogP contribution in [0.1, 0.15) is 19.8 Å². The third-order valence-corrected chi connectivity index (χ3v) is 3.99. The molecule has 7 nitrogen and oxygen atoms in total. The standard InChI is InChI=1S/C15H28N4O3.HI/c1-3-16-15(17-6-12-21-2)19-9-7-18(8-10-19)14(20)13-5-4-11-22-13;/h13H,3-12H2,1-2H3,(H,16,17);1H. The number of nitrogens with one attached hydrogen (secondary N) is 1. The molecule has 0 aromatic rings. The van der Waals surface area contributed by atoms with Gasteiger partial charge in [-0.1, -0.05) is 0 Å². The molecule has 0 radical (unpaired) electrons. The summed E-state index contributed by atoms with van der Waals surface area (Å²) in [6.45, 7) is 7.94. The van der Waals surface area contributed by atoms with Gasteiger partial charge in [0.2, 0.25) is 0 Å². The van der Waals surface area contributed by atoms with Crippen molar-refractivity contribution in [3.63, 3.8) is 0 Å². The Balaban J connectivity index is 0.00000264. The topological polar surface area (TPSA) is 66.4 Å². The van der Waals surface area contributed by atoms with Gasteiger partial charge in [-0.15, -0.1) is 24.0 Å². The molecule has 0 saturated carbocycles. The summed E-state index contributed by atoms with van der Waals surface area (Å²) in [4.78, 5) is 21.0. The molecule has 1 atom stereocenters. The summed E-state index contributed by atoms with van der Waals surface area (Å²) in [5.41, 5.74) is 0. The summed E-state index contributed by atoms with van der Waals surface area (Å²) in [5, 5.41) is 3.30. The van der Waals surface area contributed by atoms with Gasteiger partial charge in [0.05, 0.1) is 13.2 Å². The second kappa shape index (κ2) is 11.0. The Bertz CT molecular complexity index is 381. The van der Waals surface area contributed by atoms with Gasteiger partial charge in [0.15, 0.2) is 5.96 Å². The van der Waals surface area contributed by atoms with Crippen molar-refractivity contribution >= 4 is 35.8 Å². The third-order valence-electron chi connectivity index (χ3n) is 3.99. The van der Waals surface area contributed by atoms with E-state index in [0.29, 0.717) is 19.8 Å². The molecule has 2 rings (SSSR count). The monoisotopic (exact) mass is 440 g/mol. The number of piperazine rings is 1. The number of rotatable bonds is 5. The molecular formula is C15H29IN4O3. The number of carbonyl (C=O) groups is 1. The van der Waals surface area contributed by atoms with Gasteiger partial charge < -0.3 is 24.6 Å². The lowest BCUT2D eigenvalue weighted by Crippen LogP contribution is -2.55. The van der Waals surface area contributed by atoms with Gasteiger partial charge in [-0.3, -0.25) is 9.79 Å². The second-order valence-corrected chi connectivity index (χ2v) is 5.54. The lowest BCUT2D eigenvalue weighted by molar-refractivity contribution is -0.142. The van der Waals surface area contributed by atoms with E-state index in [0.717, 1.165) is 51.5 Å². The largest absolute Gasteiger partial charge is 0.383 e. The zero-order chi connectivity index (χ0) is 15.8. The predicted molar refractivity (Wildman–Crippen MR) is 100 cm³/mol. The molecule has 0 bridgehead atoms. The van der Waals surface area contributed by atoms with E-state index in [2.05, 4.69) is 22.1 Å². The highest BCUT2D eigenvalue weighted by molar-refractivity contribution is 14.0. The van der Waals surface area contributed by atoms with Crippen LogP contribution in [0.5, 0.6) is 0 Å². The van der Waals surface area contributed by atoms with Crippen LogP contribution >= 0.6 is 24.0 Å². The van der Waals surface area contributed by atoms with E-state index in [-0.39, 0.29) is 36.0 Å². The van der Waals surface area contributed by atoms with Crippen LogP contribution in [0.2, 0.25) is 0 Å². The number of aliphatic imine (C=N–C) groups is 1. The van der Waals surface area contributed by atoms with Gasteiger partial charge >= 0.3 is 0 Å². The lowest BCUT2D eigenvalue weighted by Gasteiger charge is -2.37. The van der Waals surface area contributed by atoms with Crippen molar-refractivity contribution < 1.29 is 14.3 Å². The predicted octanol–water partition coefficient (Wildman–Crippen LogP) is 0.540. The van der Waals surface area contributed by atoms with Crippen molar-refractivity contribution in [3.05, 3.63) is 0 Å². The van der Waals surface area contributed by atoms with Crippen molar-refractivity contribution in [3.8, 4) is 0 Å². The summed E-state index contributed by atoms with van der Waals surface area (Å²) >= 11 is 0. The Morgan fingerprint density at radius 1 is 1.30 bits per heavy atom. The van der Waals surface area contributed by atoms with Crippen LogP contribution in [0.4, 0.5) is 0 Å². The highest BCUT2D eigenvalue weighted by Gasteiger charge is 2.30. The van der Waals surface area contributed by atoms with E-state index in [1.807, 2.05) is 4.90 Å². The first-order valence-corrected chi connectivity index (χ1v) is 8.18. The average molecular weight is 440 g/mol. The molecule has 1 N–H and O–H groups in total. The van der Waals surface area contributed by atoms with Gasteiger partial charge in [0.1, 0.15) is 6.10 Å². The van der Waals surface area contributed by atoms with Crippen LogP contribution in [-0.4, -0.2) is 87.4 Å². The normalized spacial score (nSPS) is 22.0. The number of hydrogen-bond acceptors (Lipinski definition) is 4. The molecule has 0 spiro atoms. The Hall–Kier alpha value is -0.610. The number of guanidine groups is 1. The van der Waals surface area contributed by atoms with E-state index in [1.165, 1.54) is 0 Å². The number of nitrogens with zero attached hydrogens (tertiary/aromatic N) is 3. The summed E-state index contributed by atoms with van der Waals surface area (Å²) < 4.78 is 10.5. The van der Waals surface area contributed by atoms with Crippen LogP contribution in [0, 0.1) is 0 Å². The van der Waals surface area contributed by atoms with E-state index >= 15 is 0 Å². The fourth-order valence-corrected chi connectivity index (χ4v) is 2.78. The number of hydrogen-bond donors (Lipinski definition) is 1. The molecule has 8 heteroatoms. The maximum absolute atomic E-state index is 12.3. The number of ether oxygens (including phenoxy) is 2. The summed E-state index contributed by atoms with van der Waals surface area (Å²) in [5.74, 6) is 1.06. The maximum atomic E-state index is 12.3. The van der Waals surface area contributed by atoms with Crippen molar-refractivity contribution in [2.45, 2.75) is 25.9 Å². The molecular weight excluding hydrogens is 411 g/mol. The Kier molecular flexibility index (Phi) is 9.80. The molecule has 134 valence electrons. The van der Waals surface area contributed by atoms with Crippen LogP contribution < -0.4 is 5.32 Å². The zero-order valence-electron chi connectivity index (χ0n) is 14.1. The van der Waals surface area contributed by atoms with Gasteiger partial charge in [-0.05, 0) is 19.8 Å². The molecule has 23 heavy (non-hydrogen) atoms. The first kappa shape index (κ1) is 20.4. The zero-order valence-corrected chi connectivity index (χ0v) is 16.5. The SMILES string of the molecule is CCNC(=NCCOC)N1CCN(C(=O)C2CCCO2)CC1.I. The Morgan fingerprint density at radius 3 is 2.57 bits per heavy atom. The van der Waals surface area contributed by atoms with Gasteiger partial charge in [0.25, 0.3) is 5.91 Å². The molecule has 2 saturated heterocycles. The molecule has 0 aromatic carbocycles. The Morgan fingerprint density at radius 2 is 2.00 bits per heavy atom. The van der Waals surface area contributed by atoms with E-state index in [4.69, 9.17) is 9.47 Å². The fourth-order valence-electron chi connectivity index (χ4n) is 2.78. The number of methoxy groups -OCH3 is 1. The molecule has 1 unspecified atom stereocenters. The molecule has 0 aliphatic carbocycles. The number of carbonyl (C=O) groups excluding carboxylic acids is 1. The third kappa shape index (κ3) is 6.07. The summed E-state index contributed by atoms with van der Waals surface area (Å²) in [7, 11) is 1.68. The summed E-state index contributed by atoms with van der Waals surface area (Å²) in [6, 6.07) is 0. The first-order chi connectivity index (χ1) is 10.8. The fraction of sp³-hybridized carbons (Fsp3) is 0.867. The first-order valence-electron chi connectivity index (χ1n) is 8.18. The van der Waals surface area contributed by atoms with Crippen LogP contribution in [0.3, 0.4) is 0 Å². The second-order valence-electron chi connectivity index (χ2n) is 5.54. The maximum Gasteiger partial charge on any atom is 0.251 e. The van der Waals surface area contributed by atoms with Crippen LogP contribution in [0.25, 0.3) is 0 Å². The summed E-state index contributed by atoms with van der Waals surface area (Å²) in [6.07, 6.45) is 1.64. The Labute approximate surface area is 155 Å². The average Bonchev–Trinajstić information content (AvgIpc) is 3.08. The van der Waals surface area contributed by atoms with Crippen molar-refractivity contribution in [2.75, 3.05) is 59.6 Å². The molecule has 1 amide bonds. The minimum atomic E-state index is -0.213. The molecule has 0 aromatic heterocycles. The minimum absolute atomic E-state index is 0. The number of amides is 1. The number of halogens is 1. The smallest absolute Gasteiger partial charge is 0.251 e. The highest BCUT2D eigenvalue weighted by atomic mass is 127. The van der Waals surface area contributed by atoms with Crippen molar-refractivity contribution in [2.24, 2.45) is 4.99 Å². The lowest BCUT2D eigenvalue weighted by atomic mass is 10.2. The van der Waals surface area contributed by atoms with E-state index in [9.17, 15) is 4.79 Å². The molecule has 2 fully saturated rings. The van der Waals surface area contributed by atoms with Gasteiger partial charge in [-0.2, -0.15) is 0 Å². The van der Waals surface area contributed by atoms with Crippen molar-refractivity contribution in [1.82, 2.24) is 15.1 Å². The van der Waals surface area contributed by atoms with Crippen LogP contribution in [0.15, 0.2) is 4.99 Å². The molecule has 2 aliphatic rings.